The van der Waals surface area contributed by atoms with Gasteiger partial charge in [-0.15, -0.1) is 0 Å². The minimum atomic E-state index is -0.279. The van der Waals surface area contributed by atoms with Crippen LogP contribution in [0, 0.1) is 5.92 Å². The quantitative estimate of drug-likeness (QED) is 0.753. The molecule has 2 saturated heterocycles. The maximum atomic E-state index is 12.4. The summed E-state index contributed by atoms with van der Waals surface area (Å²) in [5.41, 5.74) is 0. The minimum Gasteiger partial charge on any atom is -0.379 e. The lowest BCUT2D eigenvalue weighted by molar-refractivity contribution is -0.130. The van der Waals surface area contributed by atoms with E-state index in [1.54, 1.807) is 0 Å². The summed E-state index contributed by atoms with van der Waals surface area (Å²) in [5, 5.41) is 2.88. The molecule has 2 aliphatic heterocycles. The molecule has 18 heavy (non-hydrogen) atoms. The molecule has 5 nitrogen and oxygen atoms in total. The number of hydrogen-bond acceptors (Lipinski definition) is 3. The van der Waals surface area contributed by atoms with Crippen molar-refractivity contribution in [3.63, 3.8) is 0 Å². The standard InChI is InChI=1S/C13H20N2O3/c16-12-11(9-4-2-1-3-5-9)14-13(17)15(12)10-6-7-18-8-10/h9-11H,1-8H2,(H,14,17). The number of imide groups is 1. The fourth-order valence-electron chi connectivity index (χ4n) is 3.37. The predicted octanol–water partition coefficient (Wildman–Crippen LogP) is 1.28. The van der Waals surface area contributed by atoms with Crippen molar-refractivity contribution in [3.8, 4) is 0 Å². The molecule has 3 fully saturated rings. The smallest absolute Gasteiger partial charge is 0.325 e. The molecule has 1 N–H and O–H groups in total. The van der Waals surface area contributed by atoms with Crippen LogP contribution in [0.3, 0.4) is 0 Å². The van der Waals surface area contributed by atoms with Crippen molar-refractivity contribution in [2.75, 3.05) is 13.2 Å². The van der Waals surface area contributed by atoms with Crippen LogP contribution in [0.15, 0.2) is 0 Å². The predicted molar refractivity (Wildman–Crippen MR) is 65.0 cm³/mol. The van der Waals surface area contributed by atoms with Crippen molar-refractivity contribution in [1.82, 2.24) is 10.2 Å². The van der Waals surface area contributed by atoms with E-state index in [0.29, 0.717) is 19.1 Å². The van der Waals surface area contributed by atoms with Crippen LogP contribution in [-0.2, 0) is 9.53 Å². The van der Waals surface area contributed by atoms with Crippen LogP contribution in [0.1, 0.15) is 38.5 Å². The van der Waals surface area contributed by atoms with E-state index >= 15 is 0 Å². The number of rotatable bonds is 2. The first-order chi connectivity index (χ1) is 8.77. The maximum Gasteiger partial charge on any atom is 0.325 e. The van der Waals surface area contributed by atoms with Gasteiger partial charge in [0.1, 0.15) is 6.04 Å². The molecule has 3 aliphatic rings. The van der Waals surface area contributed by atoms with Crippen molar-refractivity contribution in [1.29, 1.82) is 0 Å². The lowest BCUT2D eigenvalue weighted by Gasteiger charge is -2.26. The van der Waals surface area contributed by atoms with Gasteiger partial charge < -0.3 is 10.1 Å². The van der Waals surface area contributed by atoms with E-state index in [9.17, 15) is 9.59 Å². The average Bonchev–Trinajstić information content (AvgIpc) is 2.99. The maximum absolute atomic E-state index is 12.4. The number of hydrogen-bond donors (Lipinski definition) is 1. The van der Waals surface area contributed by atoms with Crippen LogP contribution in [0.2, 0.25) is 0 Å². The highest BCUT2D eigenvalue weighted by Crippen LogP contribution is 2.30. The van der Waals surface area contributed by atoms with Gasteiger partial charge in [0, 0.05) is 6.61 Å². The molecule has 0 aromatic heterocycles. The third kappa shape index (κ3) is 2.00. The Kier molecular flexibility index (Phi) is 3.24. The molecule has 0 radical (unpaired) electrons. The van der Waals surface area contributed by atoms with E-state index in [1.165, 1.54) is 24.2 Å². The van der Waals surface area contributed by atoms with Crippen LogP contribution in [0.5, 0.6) is 0 Å². The highest BCUT2D eigenvalue weighted by Gasteiger charge is 2.46. The molecule has 2 heterocycles. The van der Waals surface area contributed by atoms with E-state index in [0.717, 1.165) is 19.3 Å². The van der Waals surface area contributed by atoms with E-state index in [4.69, 9.17) is 4.74 Å². The van der Waals surface area contributed by atoms with Gasteiger partial charge in [-0.25, -0.2) is 4.79 Å². The van der Waals surface area contributed by atoms with Crippen molar-refractivity contribution >= 4 is 11.9 Å². The fourth-order valence-corrected chi connectivity index (χ4v) is 3.37. The third-order valence-electron chi connectivity index (χ3n) is 4.39. The summed E-state index contributed by atoms with van der Waals surface area (Å²) in [6, 6.07) is -0.546. The van der Waals surface area contributed by atoms with Gasteiger partial charge in [0.25, 0.3) is 5.91 Å². The largest absolute Gasteiger partial charge is 0.379 e. The molecule has 3 amide bonds. The highest BCUT2D eigenvalue weighted by molar-refractivity contribution is 6.04. The van der Waals surface area contributed by atoms with Crippen LogP contribution in [-0.4, -0.2) is 42.1 Å². The van der Waals surface area contributed by atoms with Gasteiger partial charge >= 0.3 is 6.03 Å². The molecule has 2 atom stereocenters. The summed E-state index contributed by atoms with van der Waals surface area (Å²) in [7, 11) is 0. The number of carbonyl (C=O) groups excluding carboxylic acids is 2. The molecular formula is C13H20N2O3. The van der Waals surface area contributed by atoms with E-state index in [-0.39, 0.29) is 24.0 Å². The minimum absolute atomic E-state index is 0.0256. The molecule has 0 aromatic rings. The summed E-state index contributed by atoms with van der Waals surface area (Å²) in [4.78, 5) is 25.8. The molecule has 0 spiro atoms. The van der Waals surface area contributed by atoms with Crippen LogP contribution < -0.4 is 5.32 Å². The lowest BCUT2D eigenvalue weighted by Crippen LogP contribution is -2.42. The number of urea groups is 1. The second kappa shape index (κ2) is 4.88. The van der Waals surface area contributed by atoms with Gasteiger partial charge in [0.05, 0.1) is 12.6 Å². The first-order valence-electron chi connectivity index (χ1n) is 6.98. The van der Waals surface area contributed by atoms with Crippen molar-refractivity contribution in [3.05, 3.63) is 0 Å². The van der Waals surface area contributed by atoms with E-state index in [2.05, 4.69) is 5.32 Å². The SMILES string of the molecule is O=C1NC(C2CCCCC2)C(=O)N1C1CCOC1. The molecule has 0 aromatic carbocycles. The zero-order valence-electron chi connectivity index (χ0n) is 10.6. The monoisotopic (exact) mass is 252 g/mol. The van der Waals surface area contributed by atoms with Crippen molar-refractivity contribution in [2.45, 2.75) is 50.6 Å². The Morgan fingerprint density at radius 2 is 1.89 bits per heavy atom. The second-order valence-electron chi connectivity index (χ2n) is 5.55. The highest BCUT2D eigenvalue weighted by atomic mass is 16.5. The van der Waals surface area contributed by atoms with Crippen molar-refractivity contribution < 1.29 is 14.3 Å². The summed E-state index contributed by atoms with van der Waals surface area (Å²) in [6.07, 6.45) is 6.51. The molecular weight excluding hydrogens is 232 g/mol. The van der Waals surface area contributed by atoms with Gasteiger partial charge in [0.2, 0.25) is 0 Å². The van der Waals surface area contributed by atoms with Crippen LogP contribution >= 0.6 is 0 Å². The van der Waals surface area contributed by atoms with Gasteiger partial charge in [-0.3, -0.25) is 9.69 Å². The van der Waals surface area contributed by atoms with E-state index in [1.807, 2.05) is 0 Å². The van der Waals surface area contributed by atoms with Gasteiger partial charge in [-0.2, -0.15) is 0 Å². The lowest BCUT2D eigenvalue weighted by atomic mass is 9.84. The normalized spacial score (nSPS) is 34.1. The number of ether oxygens (including phenoxy) is 1. The van der Waals surface area contributed by atoms with Crippen LogP contribution in [0.25, 0.3) is 0 Å². The Labute approximate surface area is 107 Å². The molecule has 5 heteroatoms. The summed E-state index contributed by atoms with van der Waals surface area (Å²) < 4.78 is 5.27. The topological polar surface area (TPSA) is 58.6 Å². The van der Waals surface area contributed by atoms with E-state index < -0.39 is 0 Å². The first kappa shape index (κ1) is 12.0. The molecule has 2 unspecified atom stereocenters. The Hall–Kier alpha value is -1.10. The van der Waals surface area contributed by atoms with Gasteiger partial charge in [0.15, 0.2) is 0 Å². The zero-order chi connectivity index (χ0) is 12.5. The molecule has 1 aliphatic carbocycles. The Balaban J connectivity index is 1.71. The molecule has 100 valence electrons. The fraction of sp³-hybridized carbons (Fsp3) is 0.846. The number of amides is 3. The average molecular weight is 252 g/mol. The molecule has 1 saturated carbocycles. The van der Waals surface area contributed by atoms with Crippen molar-refractivity contribution in [2.24, 2.45) is 5.92 Å². The summed E-state index contributed by atoms with van der Waals surface area (Å²) in [6.45, 7) is 1.15. The summed E-state index contributed by atoms with van der Waals surface area (Å²) in [5.74, 6) is 0.310. The van der Waals surface area contributed by atoms with Gasteiger partial charge in [-0.05, 0) is 25.2 Å². The number of nitrogens with one attached hydrogen (secondary N) is 1. The second-order valence-corrected chi connectivity index (χ2v) is 5.55. The first-order valence-corrected chi connectivity index (χ1v) is 6.98. The zero-order valence-corrected chi connectivity index (χ0v) is 10.6. The third-order valence-corrected chi connectivity index (χ3v) is 4.39. The molecule has 0 bridgehead atoms. The number of carbonyl (C=O) groups is 2. The summed E-state index contributed by atoms with van der Waals surface area (Å²) >= 11 is 0. The Morgan fingerprint density at radius 3 is 2.56 bits per heavy atom. The van der Waals surface area contributed by atoms with Gasteiger partial charge in [-0.1, -0.05) is 19.3 Å². The van der Waals surface area contributed by atoms with Crippen LogP contribution in [0.4, 0.5) is 4.79 Å². The number of nitrogens with zero attached hydrogens (tertiary/aromatic N) is 1. The Morgan fingerprint density at radius 1 is 1.11 bits per heavy atom. The Bertz CT molecular complexity index is 346. The molecule has 3 rings (SSSR count).